The van der Waals surface area contributed by atoms with E-state index < -0.39 is 131 Å². The van der Waals surface area contributed by atoms with E-state index in [1.54, 1.807) is 0 Å². The Balaban J connectivity index is 2.27. The summed E-state index contributed by atoms with van der Waals surface area (Å²) in [6.07, 6.45) is -0.0321. The predicted molar refractivity (Wildman–Crippen MR) is 126 cm³/mol. The lowest BCUT2D eigenvalue weighted by molar-refractivity contribution is 0.446. The van der Waals surface area contributed by atoms with Gasteiger partial charge in [-0.05, 0) is 11.6 Å². The van der Waals surface area contributed by atoms with Crippen molar-refractivity contribution in [1.29, 1.82) is 26.3 Å². The molecule has 0 amide bonds. The molecule has 0 saturated heterocycles. The first-order valence-corrected chi connectivity index (χ1v) is 11.5. The van der Waals surface area contributed by atoms with Crippen molar-refractivity contribution < 1.29 is 52.7 Å². The number of nitrogens with zero attached hydrogens (tertiary/aromatic N) is 5. The molecule has 0 unspecified atom stereocenters. The van der Waals surface area contributed by atoms with E-state index in [1.165, 1.54) is 0 Å². The fourth-order valence-electron chi connectivity index (χ4n) is 4.26. The molecule has 4 rings (SSSR count). The number of rotatable bonds is 3. The Labute approximate surface area is 246 Å². The van der Waals surface area contributed by atoms with Gasteiger partial charge in [-0.3, -0.25) is 0 Å². The molecule has 3 aromatic rings. The van der Waals surface area contributed by atoms with Gasteiger partial charge in [0, 0.05) is 11.1 Å². The number of halogens is 12. The summed E-state index contributed by atoms with van der Waals surface area (Å²) in [7, 11) is 0. The lowest BCUT2D eigenvalue weighted by atomic mass is 9.99. The second-order valence-corrected chi connectivity index (χ2v) is 8.67. The fraction of sp³-hybridized carbons (Fsp3) is 0. The van der Waals surface area contributed by atoms with Crippen LogP contribution in [0.3, 0.4) is 0 Å². The molecule has 0 bridgehead atoms. The summed E-state index contributed by atoms with van der Waals surface area (Å²) in [5.41, 5.74) is -18.1. The second kappa shape index (κ2) is 11.5. The monoisotopic (exact) mass is 647 g/mol. The van der Waals surface area contributed by atoms with Crippen LogP contribution < -0.4 is 0 Å². The van der Waals surface area contributed by atoms with Gasteiger partial charge >= 0.3 is 0 Å². The Bertz CT molecular complexity index is 2080. The van der Waals surface area contributed by atoms with Crippen LogP contribution in [0.2, 0.25) is 0 Å². The quantitative estimate of drug-likeness (QED) is 0.168. The van der Waals surface area contributed by atoms with Gasteiger partial charge in [-0.1, -0.05) is 0 Å². The molecule has 5 nitrogen and oxygen atoms in total. The van der Waals surface area contributed by atoms with Crippen LogP contribution in [0.5, 0.6) is 0 Å². The van der Waals surface area contributed by atoms with E-state index in [0.717, 1.165) is 30.3 Å². The van der Waals surface area contributed by atoms with Crippen molar-refractivity contribution >= 4 is 17.2 Å². The van der Waals surface area contributed by atoms with Crippen molar-refractivity contribution in [3.05, 3.63) is 120 Å². The van der Waals surface area contributed by atoms with Gasteiger partial charge in [-0.2, -0.15) is 26.3 Å². The minimum absolute atomic E-state index is 0.0321. The summed E-state index contributed by atoms with van der Waals surface area (Å²) in [4.78, 5) is 0. The largest absolute Gasteiger partial charge is 0.203 e. The highest BCUT2D eigenvalue weighted by Gasteiger charge is 2.43. The van der Waals surface area contributed by atoms with E-state index >= 15 is 0 Å². The van der Waals surface area contributed by atoms with Crippen LogP contribution in [0.1, 0.15) is 33.4 Å². The maximum atomic E-state index is 14.9. The Morgan fingerprint density at radius 1 is 0.391 bits per heavy atom. The number of hydrogen-bond donors (Lipinski definition) is 0. The van der Waals surface area contributed by atoms with Crippen molar-refractivity contribution in [2.75, 3.05) is 0 Å². The van der Waals surface area contributed by atoms with Crippen LogP contribution in [0.4, 0.5) is 52.7 Å². The highest BCUT2D eigenvalue weighted by Crippen LogP contribution is 2.55. The van der Waals surface area contributed by atoms with Gasteiger partial charge in [0.05, 0.1) is 27.8 Å². The average Bonchev–Trinajstić information content (AvgIpc) is 3.73. The Morgan fingerprint density at radius 2 is 0.652 bits per heavy atom. The van der Waals surface area contributed by atoms with Gasteiger partial charge in [-0.25, -0.2) is 52.7 Å². The molecule has 1 fully saturated rings. The third-order valence-corrected chi connectivity index (χ3v) is 6.40. The number of benzene rings is 3. The lowest BCUT2D eigenvalue weighted by Crippen LogP contribution is -2.06. The zero-order valence-corrected chi connectivity index (χ0v) is 21.3. The van der Waals surface area contributed by atoms with Crippen molar-refractivity contribution in [3.8, 4) is 30.3 Å². The molecule has 0 N–H and O–H groups in total. The zero-order valence-electron chi connectivity index (χ0n) is 21.3. The van der Waals surface area contributed by atoms with E-state index in [9.17, 15) is 63.2 Å². The van der Waals surface area contributed by atoms with Crippen molar-refractivity contribution in [2.24, 2.45) is 0 Å². The van der Waals surface area contributed by atoms with E-state index in [2.05, 4.69) is 0 Å². The van der Waals surface area contributed by atoms with Gasteiger partial charge in [0.25, 0.3) is 0 Å². The normalized spacial score (nSPS) is 14.0. The maximum absolute atomic E-state index is 14.9. The first-order chi connectivity index (χ1) is 21.7. The van der Waals surface area contributed by atoms with Crippen LogP contribution in [0.25, 0.3) is 17.2 Å². The number of nitriles is 5. The molecule has 0 aliphatic heterocycles. The highest BCUT2D eigenvalue weighted by molar-refractivity contribution is 6.08. The lowest BCUT2D eigenvalue weighted by Gasteiger charge is -2.08. The summed E-state index contributed by atoms with van der Waals surface area (Å²) in [5.74, 6) is -28.7. The molecule has 17 heteroatoms. The minimum Gasteiger partial charge on any atom is -0.203 e. The summed E-state index contributed by atoms with van der Waals surface area (Å²) >= 11 is 0. The van der Waals surface area contributed by atoms with Crippen LogP contribution in [0, 0.1) is 126 Å². The summed E-state index contributed by atoms with van der Waals surface area (Å²) in [5, 5.41) is 45.8. The van der Waals surface area contributed by atoms with Gasteiger partial charge in [0.2, 0.25) is 0 Å². The first-order valence-electron chi connectivity index (χ1n) is 11.5. The molecule has 0 spiro atoms. The van der Waals surface area contributed by atoms with Crippen molar-refractivity contribution in [1.82, 2.24) is 0 Å². The smallest absolute Gasteiger partial charge is 0.180 e. The second-order valence-electron chi connectivity index (χ2n) is 8.67. The van der Waals surface area contributed by atoms with Crippen LogP contribution in [-0.4, -0.2) is 0 Å². The standard InChI is InChI=1S/C29HF12N5/c30-18-8(19(31)21(33)11(4-44)20(18)32)1-7-14(9(2-42)16-26(38)22(34)12(5-45)23(35)27(16)39)15(7)10(3-43)17-28(40)24(36)13(6-46)25(37)29(17)41/h1H. The molecule has 226 valence electrons. The van der Waals surface area contributed by atoms with Crippen LogP contribution >= 0.6 is 0 Å². The Kier molecular flexibility index (Phi) is 8.12. The molecule has 0 aromatic heterocycles. The summed E-state index contributed by atoms with van der Waals surface area (Å²) in [6, 6.07) is 4.42. The molecule has 0 radical (unpaired) electrons. The van der Waals surface area contributed by atoms with Crippen LogP contribution in [-0.2, 0) is 0 Å². The van der Waals surface area contributed by atoms with E-state index in [0.29, 0.717) is 0 Å². The van der Waals surface area contributed by atoms with Crippen molar-refractivity contribution in [3.63, 3.8) is 0 Å². The molecule has 46 heavy (non-hydrogen) atoms. The molecule has 3 aromatic carbocycles. The minimum atomic E-state index is -2.45. The van der Waals surface area contributed by atoms with Gasteiger partial charge in [0.1, 0.15) is 47.0 Å². The van der Waals surface area contributed by atoms with E-state index in [-0.39, 0.29) is 6.08 Å². The Morgan fingerprint density at radius 3 is 0.891 bits per heavy atom. The topological polar surface area (TPSA) is 119 Å². The van der Waals surface area contributed by atoms with Crippen molar-refractivity contribution in [2.45, 2.75) is 0 Å². The van der Waals surface area contributed by atoms with Gasteiger partial charge < -0.3 is 0 Å². The van der Waals surface area contributed by atoms with E-state index in [4.69, 9.17) is 15.8 Å². The maximum Gasteiger partial charge on any atom is 0.180 e. The molecule has 1 saturated carbocycles. The SMILES string of the molecule is N#CC(=C1C(=Cc2c(F)c(F)c(C#N)c(F)c2F)C1=C(C#N)c1c(F)c(F)c(C#N)c(F)c1F)c1c(F)c(F)c(C#N)c(F)c1F. The van der Waals surface area contributed by atoms with Crippen LogP contribution in [0.15, 0.2) is 16.7 Å². The summed E-state index contributed by atoms with van der Waals surface area (Å²) < 4.78 is 175. The number of allylic oxidation sites excluding steroid dienone is 5. The molecular formula is C29HF12N5. The predicted octanol–water partition coefficient (Wildman–Crippen LogP) is 7.32. The third kappa shape index (κ3) is 4.49. The molecule has 0 heterocycles. The molecule has 1 aliphatic carbocycles. The average molecular weight is 647 g/mol. The van der Waals surface area contributed by atoms with Gasteiger partial charge in [0.15, 0.2) is 69.8 Å². The fourth-order valence-corrected chi connectivity index (χ4v) is 4.26. The third-order valence-electron chi connectivity index (χ3n) is 6.40. The molecule has 1 aliphatic rings. The first kappa shape index (κ1) is 32.4. The van der Waals surface area contributed by atoms with Gasteiger partial charge in [-0.15, -0.1) is 0 Å². The Hall–Kier alpha value is -6.51. The van der Waals surface area contributed by atoms with E-state index in [1.807, 2.05) is 0 Å². The highest BCUT2D eigenvalue weighted by atomic mass is 19.2. The molecule has 0 atom stereocenters. The summed E-state index contributed by atoms with van der Waals surface area (Å²) in [6.45, 7) is 0. The number of hydrogen-bond acceptors (Lipinski definition) is 5. The zero-order chi connectivity index (χ0) is 34.5. The molecular weight excluding hydrogens is 646 g/mol.